The van der Waals surface area contributed by atoms with E-state index in [1.165, 1.54) is 50.6 Å². The van der Waals surface area contributed by atoms with Gasteiger partial charge in [-0.25, -0.2) is 0 Å². The zero-order chi connectivity index (χ0) is 83.8. The number of fused-ring (bicyclic) bond motifs is 3. The molecule has 1 aromatic rings. The summed E-state index contributed by atoms with van der Waals surface area (Å²) in [6.07, 6.45) is -9.48. The minimum Gasteiger partial charge on any atom is -0.510 e. The van der Waals surface area contributed by atoms with Gasteiger partial charge in [0.2, 0.25) is 11.7 Å². The van der Waals surface area contributed by atoms with E-state index in [9.17, 15) is 90.0 Å². The van der Waals surface area contributed by atoms with Crippen molar-refractivity contribution in [1.82, 2.24) is 20.0 Å². The van der Waals surface area contributed by atoms with E-state index in [0.717, 1.165) is 31.5 Å². The van der Waals surface area contributed by atoms with Crippen LogP contribution in [0.4, 0.5) is 5.69 Å². The number of ketones is 3. The number of aromatic hydroxyl groups is 1. The number of rotatable bonds is 17. The fourth-order valence-electron chi connectivity index (χ4n) is 18.2. The van der Waals surface area contributed by atoms with Crippen LogP contribution in [0, 0.1) is 41.4 Å². The van der Waals surface area contributed by atoms with Gasteiger partial charge in [-0.1, -0.05) is 41.0 Å². The van der Waals surface area contributed by atoms with Crippen molar-refractivity contribution < 1.29 is 123 Å². The molecule has 111 heavy (non-hydrogen) atoms. The number of aliphatic hydroxyl groups excluding tert-OH is 8. The summed E-state index contributed by atoms with van der Waals surface area (Å²) < 4.78 is 42.8. The zero-order valence-corrected chi connectivity index (χ0v) is 69.7. The molecule has 0 saturated carbocycles. The van der Waals surface area contributed by atoms with Crippen LogP contribution >= 0.6 is 23.4 Å². The number of primary amides is 1. The molecule has 0 aromatic heterocycles. The number of halogens is 1. The number of ether oxygens (including phenoxy) is 7. The maximum absolute atomic E-state index is 14.1. The molecule has 33 heteroatoms. The largest absolute Gasteiger partial charge is 0.510 e. The van der Waals surface area contributed by atoms with Crippen molar-refractivity contribution in [3.63, 3.8) is 0 Å². The number of nitrogens with zero attached hydrogens (tertiary/aromatic N) is 4. The number of esters is 1. The lowest BCUT2D eigenvalue weighted by atomic mass is 9.58. The van der Waals surface area contributed by atoms with Crippen LogP contribution in [0.15, 0.2) is 34.8 Å². The second-order valence-corrected chi connectivity index (χ2v) is 35.1. The van der Waals surface area contributed by atoms with E-state index in [-0.39, 0.29) is 73.1 Å². The molecule has 5 heterocycles. The number of nitrogens with one attached hydrogen (secondary N) is 1. The van der Waals surface area contributed by atoms with Crippen molar-refractivity contribution in [2.75, 3.05) is 74.1 Å². The molecular weight excluding hydrogens is 1490 g/mol. The number of phenols is 1. The molecule has 632 valence electrons. The van der Waals surface area contributed by atoms with E-state index in [4.69, 9.17) is 50.5 Å². The highest BCUT2D eigenvalue weighted by Crippen LogP contribution is 2.54. The number of likely N-dealkylation sites (N-methyl/N-ethyl adjacent to an activating group) is 3. The van der Waals surface area contributed by atoms with Crippen molar-refractivity contribution >= 4 is 64.2 Å². The van der Waals surface area contributed by atoms with Crippen molar-refractivity contribution in [2.24, 2.45) is 47.2 Å². The molecule has 3 aliphatic carbocycles. The number of alkyl halides is 1. The van der Waals surface area contributed by atoms with Crippen LogP contribution in [0.2, 0.25) is 0 Å². The number of carbonyl (C=O) groups is 6. The van der Waals surface area contributed by atoms with Crippen molar-refractivity contribution in [1.29, 1.82) is 0 Å². The monoisotopic (exact) mass is 1610 g/mol. The predicted octanol–water partition coefficient (Wildman–Crippen LogP) is 2.36. The summed E-state index contributed by atoms with van der Waals surface area (Å²) in [6, 6.07) is 0.805. The average Bonchev–Trinajstić information content (AvgIpc) is 0.874. The van der Waals surface area contributed by atoms with Crippen LogP contribution in [0.3, 0.4) is 0 Å². The van der Waals surface area contributed by atoms with Gasteiger partial charge in [-0.15, -0.1) is 23.4 Å². The van der Waals surface area contributed by atoms with Gasteiger partial charge in [-0.3, -0.25) is 38.6 Å². The Bertz CT molecular complexity index is 3510. The first-order valence-electron chi connectivity index (χ1n) is 38.6. The van der Waals surface area contributed by atoms with Crippen molar-refractivity contribution in [2.45, 2.75) is 284 Å². The Balaban J connectivity index is 0.000000245. The molecule has 31 atom stereocenters. The molecule has 1 aromatic carbocycles. The number of hydrogen-bond acceptors (Lipinski definition) is 30. The number of aliphatic hydroxyl groups is 11. The summed E-state index contributed by atoms with van der Waals surface area (Å²) in [5.74, 6) is -11.2. The van der Waals surface area contributed by atoms with Crippen LogP contribution < -0.4 is 16.0 Å². The Kier molecular flexibility index (Phi) is 31.3. The first-order chi connectivity index (χ1) is 51.5. The highest BCUT2D eigenvalue weighted by atomic mass is 35.5. The number of cyclic esters (lactones) is 1. The molecule has 5 fully saturated rings. The number of anilines is 1. The summed E-state index contributed by atoms with van der Waals surface area (Å²) >= 11 is 7.55. The number of amides is 2. The van der Waals surface area contributed by atoms with Crippen LogP contribution in [-0.2, 0) is 63.6 Å². The molecule has 2 amide bonds. The SMILES string of the molecule is CCC[C@@H]1C[C@@H](C(=O)N[C@@H]([C@H]2O[C@H](SC)[C@H](O)[C@@H](O)[C@H]2O)[C@H](C)Cl)N(C)C1.CC[C@H]1OC(=O)[C@H](C)[C@@H](O[C@H]2C[C@@](C)(OC)[C@@H](O)[C@H](C)O2)[C@H](C)[C@@H](O[C@@H]2O[C@H](C)C[C@H](N(C)C)[C@H]2O)[C@](C)(O)C[C@@H](C)C(=O)[C@H](C)[C@@H](O)[C@]1(C)O.CN(C)c1ccc(O)c2c1C[C@H]1C[C@H]3[C@H](N(C)C)C(O)=C(C(N)=O)C(=O)[C@@]3(O)C(O)=C1C2=O. The van der Waals surface area contributed by atoms with Gasteiger partial charge in [0.05, 0.1) is 76.7 Å². The molecular formula is C78H127ClN6O25S. The van der Waals surface area contributed by atoms with Gasteiger partial charge in [0.1, 0.15) is 82.4 Å². The molecule has 31 nitrogen and oxygen atoms in total. The molecule has 0 unspecified atom stereocenters. The number of allylic oxidation sites excluding steroid dienone is 1. The van der Waals surface area contributed by atoms with Crippen molar-refractivity contribution in [3.8, 4) is 5.75 Å². The highest BCUT2D eigenvalue weighted by Gasteiger charge is 2.64. The van der Waals surface area contributed by atoms with E-state index in [2.05, 4.69) is 12.2 Å². The normalized spacial score (nSPS) is 41.2. The first kappa shape index (κ1) is 93.4. The minimum absolute atomic E-state index is 0.00184. The van der Waals surface area contributed by atoms with Crippen molar-refractivity contribution in [3.05, 3.63) is 45.9 Å². The van der Waals surface area contributed by atoms with Gasteiger partial charge in [0.25, 0.3) is 5.91 Å². The third-order valence-corrected chi connectivity index (χ3v) is 25.6. The van der Waals surface area contributed by atoms with Crippen LogP contribution in [0.25, 0.3) is 0 Å². The molecule has 0 bridgehead atoms. The Hall–Kier alpha value is -4.76. The van der Waals surface area contributed by atoms with E-state index >= 15 is 0 Å². The molecule has 15 N–H and O–H groups in total. The van der Waals surface area contributed by atoms with Crippen LogP contribution in [0.5, 0.6) is 5.75 Å². The highest BCUT2D eigenvalue weighted by molar-refractivity contribution is 7.99. The number of phenolic OH excluding ortho intramolecular Hbond substituents is 1. The van der Waals surface area contributed by atoms with Gasteiger partial charge >= 0.3 is 5.97 Å². The van der Waals surface area contributed by atoms with E-state index in [1.807, 2.05) is 37.9 Å². The number of likely N-dealkylation sites (tertiary alicyclic amines) is 1. The van der Waals surface area contributed by atoms with Crippen LogP contribution in [0.1, 0.15) is 150 Å². The van der Waals surface area contributed by atoms with E-state index in [0.29, 0.717) is 17.9 Å². The number of benzene rings is 1. The zero-order valence-electron chi connectivity index (χ0n) is 68.1. The molecule has 9 rings (SSSR count). The number of hydrogen-bond donors (Lipinski definition) is 14. The minimum atomic E-state index is -2.63. The smallest absolute Gasteiger partial charge is 0.311 e. The summed E-state index contributed by atoms with van der Waals surface area (Å²) in [5, 5.41) is 135. The standard InChI is InChI=1S/C37H67NO13.C23H27N3O7.C18H33ClN2O5S/c1-14-25-37(10,45)30(41)20(4)27(39)18(2)16-35(8,44)32(51-34-28(40)24(38(11)12)15-19(3)47-34)21(5)29(22(6)33(43)49-25)50-26-17-36(9,46-13)31(42)23(7)48-26;1-25(2)12-5-6-13(27)15-10(12)7-9-8-11-17(26(3)4)19(29)16(22(24)32)21(31)23(11,33)20(30)14(9)18(15)28;1-5-6-10-7-11(21(3)8-10)17(25)20-12(9(2)19)16-14(23)13(22)15(24)18(26-16)27-4/h18-26,28-32,34,40-42,44-45H,14-17H2,1-13H3;5-6,9,11,17,27,29-30,33H,7-8H2,1-4H3,(H2,24,32);9-16,18,22-24H,5-8H2,1-4H3,(H,20,25)/t18-,19-,20+,21+,22-,23+,24+,25-,26+,28-,29+,30-,31+,32-,34+,35-,36-,37-;9-,11-,17-,23-;9-,10+,11-,12+,13-,14+,15+,16+,18+/m100/s1. The second-order valence-electron chi connectivity index (χ2n) is 33.5. The number of carbonyl (C=O) groups excluding carboxylic acids is 6. The van der Waals surface area contributed by atoms with Gasteiger partial charge in [-0.05, 0) is 164 Å². The second kappa shape index (κ2) is 37.2. The lowest BCUT2D eigenvalue weighted by molar-refractivity contribution is -0.318. The summed E-state index contributed by atoms with van der Waals surface area (Å²) in [7, 11) is 13.9. The van der Waals surface area contributed by atoms with Gasteiger partial charge < -0.3 is 115 Å². The van der Waals surface area contributed by atoms with Gasteiger partial charge in [-0.2, -0.15) is 0 Å². The maximum Gasteiger partial charge on any atom is 0.311 e. The Labute approximate surface area is 661 Å². The molecule has 5 aliphatic heterocycles. The van der Waals surface area contributed by atoms with Crippen LogP contribution in [-0.4, -0.2) is 324 Å². The Morgan fingerprint density at radius 2 is 1.45 bits per heavy atom. The quantitative estimate of drug-likeness (QED) is 0.0605. The summed E-state index contributed by atoms with van der Waals surface area (Å²) in [6.45, 7) is 21.1. The molecule has 8 aliphatic rings. The Morgan fingerprint density at radius 3 is 2.00 bits per heavy atom. The summed E-state index contributed by atoms with van der Waals surface area (Å²) in [4.78, 5) is 86.7. The predicted molar refractivity (Wildman–Crippen MR) is 411 cm³/mol. The maximum atomic E-state index is 14.1. The number of Topliss-reactive ketones (excluding diaryl/α,β-unsaturated/α-hetero) is 3. The number of nitrogens with two attached hydrogens (primary N) is 1. The van der Waals surface area contributed by atoms with E-state index < -0.39 is 207 Å². The fraction of sp³-hybridized carbons (Fsp3) is 0.795. The van der Waals surface area contributed by atoms with Gasteiger partial charge in [0, 0.05) is 75.1 Å². The summed E-state index contributed by atoms with van der Waals surface area (Å²) in [5.41, 5.74) is -2.52. The Morgan fingerprint density at radius 1 is 0.820 bits per heavy atom. The molecule has 0 radical (unpaired) electrons. The lowest BCUT2D eigenvalue weighted by Gasteiger charge is -2.50. The topological polar surface area (TPSA) is 461 Å². The third kappa shape index (κ3) is 19.1. The number of thioether (sulfide) groups is 1. The lowest BCUT2D eigenvalue weighted by Crippen LogP contribution is -2.65. The third-order valence-electron chi connectivity index (χ3n) is 24.5. The van der Waals surface area contributed by atoms with Gasteiger partial charge in [0.15, 0.2) is 24.0 Å². The fourth-order valence-corrected chi connectivity index (χ4v) is 19.1. The number of methoxy groups -OCH3 is 1. The molecule has 0 spiro atoms. The first-order valence-corrected chi connectivity index (χ1v) is 40.3. The average molecular weight is 1620 g/mol. The molecule has 5 saturated heterocycles. The van der Waals surface area contributed by atoms with E-state index in [1.54, 1.807) is 93.9 Å².